The van der Waals surface area contributed by atoms with Gasteiger partial charge < -0.3 is 4.74 Å². The molecule has 0 spiro atoms. The van der Waals surface area contributed by atoms with Crippen molar-refractivity contribution >= 4 is 42.8 Å². The molecular formula is C25H29BrN2O4S. The molecule has 1 aromatic heterocycles. The molecule has 0 radical (unpaired) electrons. The number of carbonyl (C=O) groups excluding carboxylic acids is 1. The molecule has 0 unspecified atom stereocenters. The van der Waals surface area contributed by atoms with Crippen LogP contribution in [0.4, 0.5) is 0 Å². The van der Waals surface area contributed by atoms with Crippen molar-refractivity contribution < 1.29 is 17.9 Å². The number of carbonyl (C=O) groups is 1. The maximum atomic E-state index is 13.8. The van der Waals surface area contributed by atoms with E-state index >= 15 is 0 Å². The molecule has 0 fully saturated rings. The minimum absolute atomic E-state index is 0.195. The van der Waals surface area contributed by atoms with Crippen molar-refractivity contribution in [1.82, 2.24) is 8.87 Å². The maximum absolute atomic E-state index is 13.8. The van der Waals surface area contributed by atoms with Crippen molar-refractivity contribution in [2.24, 2.45) is 0 Å². The molecule has 33 heavy (non-hydrogen) atoms. The van der Waals surface area contributed by atoms with E-state index in [1.54, 1.807) is 42.5 Å². The Morgan fingerprint density at radius 3 is 2.45 bits per heavy atom. The second kappa shape index (κ2) is 10.7. The van der Waals surface area contributed by atoms with Gasteiger partial charge in [0.15, 0.2) is 0 Å². The van der Waals surface area contributed by atoms with Crippen molar-refractivity contribution in [1.29, 1.82) is 0 Å². The van der Waals surface area contributed by atoms with Gasteiger partial charge in [-0.25, -0.2) is 17.2 Å². The Kier molecular flexibility index (Phi) is 8.15. The second-order valence-electron chi connectivity index (χ2n) is 8.06. The van der Waals surface area contributed by atoms with Crippen LogP contribution in [-0.4, -0.2) is 43.5 Å². The zero-order valence-electron chi connectivity index (χ0n) is 19.2. The van der Waals surface area contributed by atoms with Crippen LogP contribution in [0, 0.1) is 6.92 Å². The van der Waals surface area contributed by atoms with Crippen LogP contribution >= 0.6 is 15.9 Å². The lowest BCUT2D eigenvalue weighted by atomic mass is 10.1. The SMILES string of the molecule is C=C(Br)CN(CCCC)Cc1cc2ccc(C(=O)OC)cc2n1S(=O)(=O)c1ccc(C)cc1. The van der Waals surface area contributed by atoms with Crippen LogP contribution in [0.25, 0.3) is 10.9 Å². The summed E-state index contributed by atoms with van der Waals surface area (Å²) in [5, 5.41) is 0.737. The monoisotopic (exact) mass is 532 g/mol. The van der Waals surface area contributed by atoms with E-state index in [2.05, 4.69) is 34.3 Å². The normalized spacial score (nSPS) is 11.8. The van der Waals surface area contributed by atoms with Gasteiger partial charge in [-0.15, -0.1) is 0 Å². The van der Waals surface area contributed by atoms with E-state index in [-0.39, 0.29) is 4.90 Å². The predicted octanol–water partition coefficient (Wildman–Crippen LogP) is 5.48. The number of methoxy groups -OCH3 is 1. The summed E-state index contributed by atoms with van der Waals surface area (Å²) in [4.78, 5) is 14.5. The first-order valence-electron chi connectivity index (χ1n) is 10.8. The molecule has 0 atom stereocenters. The number of aromatic nitrogens is 1. The number of benzene rings is 2. The van der Waals surface area contributed by atoms with Gasteiger partial charge in [0.25, 0.3) is 10.0 Å². The van der Waals surface area contributed by atoms with Crippen LogP contribution in [0.5, 0.6) is 0 Å². The molecule has 2 aromatic carbocycles. The Bertz CT molecular complexity index is 1260. The van der Waals surface area contributed by atoms with Crippen LogP contribution in [0.3, 0.4) is 0 Å². The summed E-state index contributed by atoms with van der Waals surface area (Å²) < 4.78 is 34.7. The molecule has 6 nitrogen and oxygen atoms in total. The lowest BCUT2D eigenvalue weighted by Gasteiger charge is -2.23. The van der Waals surface area contributed by atoms with Gasteiger partial charge in [-0.1, -0.05) is 59.6 Å². The lowest BCUT2D eigenvalue weighted by molar-refractivity contribution is 0.0601. The summed E-state index contributed by atoms with van der Waals surface area (Å²) in [6.07, 6.45) is 2.01. The quantitative estimate of drug-likeness (QED) is 0.323. The number of nitrogens with zero attached hydrogens (tertiary/aromatic N) is 2. The molecule has 176 valence electrons. The van der Waals surface area contributed by atoms with E-state index in [1.165, 1.54) is 11.1 Å². The topological polar surface area (TPSA) is 68.6 Å². The highest BCUT2D eigenvalue weighted by Crippen LogP contribution is 2.28. The fourth-order valence-electron chi connectivity index (χ4n) is 3.76. The highest BCUT2D eigenvalue weighted by molar-refractivity contribution is 9.11. The van der Waals surface area contributed by atoms with Crippen LogP contribution in [0.15, 0.2) is 64.5 Å². The second-order valence-corrected chi connectivity index (χ2v) is 11.0. The molecule has 0 aliphatic carbocycles. The minimum Gasteiger partial charge on any atom is -0.465 e. The van der Waals surface area contributed by atoms with Gasteiger partial charge >= 0.3 is 5.97 Å². The fraction of sp³-hybridized carbons (Fsp3) is 0.320. The van der Waals surface area contributed by atoms with E-state index < -0.39 is 16.0 Å². The Balaban J connectivity index is 2.20. The molecule has 0 aliphatic heterocycles. The maximum Gasteiger partial charge on any atom is 0.337 e. The number of fused-ring (bicyclic) bond motifs is 1. The average molecular weight is 533 g/mol. The molecule has 0 saturated heterocycles. The predicted molar refractivity (Wildman–Crippen MR) is 135 cm³/mol. The number of hydrogen-bond donors (Lipinski definition) is 0. The van der Waals surface area contributed by atoms with Gasteiger partial charge in [0.05, 0.1) is 23.1 Å². The highest BCUT2D eigenvalue weighted by atomic mass is 79.9. The summed E-state index contributed by atoms with van der Waals surface area (Å²) in [6, 6.07) is 13.6. The standard InChI is InChI=1S/C25H29BrN2O4S/c1-5-6-13-27(16-19(3)26)17-22-14-20-9-10-21(25(29)32-4)15-24(20)28(22)33(30,31)23-11-7-18(2)8-12-23/h7-12,14-15H,3,5-6,13,16-17H2,1-2,4H3. The molecule has 0 amide bonds. The van der Waals surface area contributed by atoms with Crippen molar-refractivity contribution in [3.8, 4) is 0 Å². The highest BCUT2D eigenvalue weighted by Gasteiger charge is 2.25. The van der Waals surface area contributed by atoms with E-state index in [9.17, 15) is 13.2 Å². The smallest absolute Gasteiger partial charge is 0.337 e. The zero-order valence-corrected chi connectivity index (χ0v) is 21.6. The summed E-state index contributed by atoms with van der Waals surface area (Å²) in [5.74, 6) is -0.515. The molecule has 1 heterocycles. The molecule has 0 N–H and O–H groups in total. The molecular weight excluding hydrogens is 504 g/mol. The fourth-order valence-corrected chi connectivity index (χ4v) is 5.64. The molecule has 0 saturated carbocycles. The Morgan fingerprint density at radius 2 is 1.85 bits per heavy atom. The van der Waals surface area contributed by atoms with Gasteiger partial charge in [0.1, 0.15) is 0 Å². The largest absolute Gasteiger partial charge is 0.465 e. The zero-order chi connectivity index (χ0) is 24.2. The summed E-state index contributed by atoms with van der Waals surface area (Å²) >= 11 is 3.44. The van der Waals surface area contributed by atoms with Crippen LogP contribution in [-0.2, 0) is 21.3 Å². The molecule has 3 aromatic rings. The van der Waals surface area contributed by atoms with Gasteiger partial charge in [-0.2, -0.15) is 0 Å². The van der Waals surface area contributed by atoms with Gasteiger partial charge in [-0.05, 0) is 50.2 Å². The van der Waals surface area contributed by atoms with Gasteiger partial charge in [0.2, 0.25) is 0 Å². The van der Waals surface area contributed by atoms with Crippen molar-refractivity contribution in [3.63, 3.8) is 0 Å². The summed E-state index contributed by atoms with van der Waals surface area (Å²) in [5.41, 5.74) is 2.34. The third-order valence-electron chi connectivity index (χ3n) is 5.42. The Morgan fingerprint density at radius 1 is 1.15 bits per heavy atom. The first-order valence-corrected chi connectivity index (χ1v) is 13.0. The molecule has 0 bridgehead atoms. The first-order chi connectivity index (χ1) is 15.7. The van der Waals surface area contributed by atoms with Crippen molar-refractivity contribution in [2.75, 3.05) is 20.2 Å². The van der Waals surface area contributed by atoms with Crippen molar-refractivity contribution in [3.05, 3.63) is 76.4 Å². The molecule has 0 aliphatic rings. The molecule has 8 heteroatoms. The lowest BCUT2D eigenvalue weighted by Crippen LogP contribution is -2.28. The summed E-state index contributed by atoms with van der Waals surface area (Å²) in [6.45, 7) is 9.80. The van der Waals surface area contributed by atoms with Crippen LogP contribution in [0.1, 0.15) is 41.4 Å². The van der Waals surface area contributed by atoms with E-state index in [0.29, 0.717) is 29.9 Å². The Labute approximate surface area is 204 Å². The van der Waals surface area contributed by atoms with E-state index in [4.69, 9.17) is 4.74 Å². The number of halogens is 1. The number of esters is 1. The van der Waals surface area contributed by atoms with Gasteiger partial charge in [0, 0.05) is 28.7 Å². The number of rotatable bonds is 10. The van der Waals surface area contributed by atoms with Crippen molar-refractivity contribution in [2.45, 2.75) is 38.1 Å². The van der Waals surface area contributed by atoms with E-state index in [0.717, 1.165) is 34.8 Å². The van der Waals surface area contributed by atoms with Gasteiger partial charge in [-0.3, -0.25) is 4.90 Å². The number of aryl methyl sites for hydroxylation is 1. The van der Waals surface area contributed by atoms with E-state index in [1.807, 2.05) is 13.0 Å². The molecule has 3 rings (SSSR count). The number of ether oxygens (including phenoxy) is 1. The third kappa shape index (κ3) is 5.75. The minimum atomic E-state index is -3.91. The Hall–Kier alpha value is -2.42. The van der Waals surface area contributed by atoms with Crippen LogP contribution < -0.4 is 0 Å². The van der Waals surface area contributed by atoms with Crippen LogP contribution in [0.2, 0.25) is 0 Å². The summed E-state index contributed by atoms with van der Waals surface area (Å²) in [7, 11) is -2.61. The third-order valence-corrected chi connectivity index (χ3v) is 7.45. The number of hydrogen-bond acceptors (Lipinski definition) is 5. The first kappa shape index (κ1) is 25.2. The number of unbranched alkanes of at least 4 members (excludes halogenated alkanes) is 1. The average Bonchev–Trinajstić information content (AvgIpc) is 3.14.